The van der Waals surface area contributed by atoms with Crippen LogP contribution in [0.1, 0.15) is 24.1 Å². The van der Waals surface area contributed by atoms with Crippen LogP contribution in [0.25, 0.3) is 10.9 Å². The van der Waals surface area contributed by atoms with Crippen molar-refractivity contribution >= 4 is 16.8 Å². The molecule has 4 atom stereocenters. The normalized spacial score (nSPS) is 24.4. The van der Waals surface area contributed by atoms with E-state index >= 15 is 0 Å². The molecule has 3 N–H and O–H groups in total. The van der Waals surface area contributed by atoms with Gasteiger partial charge in [0, 0.05) is 41.2 Å². The van der Waals surface area contributed by atoms with E-state index in [1.54, 1.807) is 21.3 Å². The van der Waals surface area contributed by atoms with Crippen LogP contribution in [0.5, 0.6) is 17.2 Å². The lowest BCUT2D eigenvalue weighted by Gasteiger charge is -2.31. The van der Waals surface area contributed by atoms with Crippen LogP contribution in [-0.4, -0.2) is 55.7 Å². The highest BCUT2D eigenvalue weighted by atomic mass is 16.5. The van der Waals surface area contributed by atoms with Crippen molar-refractivity contribution in [2.45, 2.75) is 31.5 Å². The summed E-state index contributed by atoms with van der Waals surface area (Å²) >= 11 is 0. The van der Waals surface area contributed by atoms with Crippen molar-refractivity contribution in [2.24, 2.45) is 5.92 Å². The largest absolute Gasteiger partial charge is 0.497 e. The Hall–Kier alpha value is -3.23. The molecule has 174 valence electrons. The number of hydrogen-bond acceptors (Lipinski definition) is 6. The summed E-state index contributed by atoms with van der Waals surface area (Å²) in [6.07, 6.45) is 2.75. The number of fused-ring (bicyclic) bond motifs is 2. The predicted molar refractivity (Wildman–Crippen MR) is 126 cm³/mol. The summed E-state index contributed by atoms with van der Waals surface area (Å²) in [4.78, 5) is 18.8. The molecule has 5 rings (SSSR count). The fourth-order valence-corrected chi connectivity index (χ4v) is 5.34. The molecule has 2 aromatic carbocycles. The third kappa shape index (κ3) is 3.59. The summed E-state index contributed by atoms with van der Waals surface area (Å²) in [5, 5.41) is 1.12. The van der Waals surface area contributed by atoms with Crippen LogP contribution in [0, 0.1) is 5.92 Å². The molecule has 1 aromatic heterocycles. The van der Waals surface area contributed by atoms with Crippen LogP contribution in [0.15, 0.2) is 42.6 Å². The lowest BCUT2D eigenvalue weighted by molar-refractivity contribution is -0.130. The molecular weight excluding hydrogens is 420 g/mol. The number of carbonyl (C=O) groups excluding carboxylic acids is 1. The van der Waals surface area contributed by atoms with Crippen LogP contribution < -0.4 is 25.1 Å². The maximum Gasteiger partial charge on any atom is 0.242 e. The topological polar surface area (TPSA) is 87.9 Å². The number of carbonyl (C=O) groups is 1. The molecule has 2 saturated heterocycles. The molecule has 1 amide bonds. The fourth-order valence-electron chi connectivity index (χ4n) is 5.34. The van der Waals surface area contributed by atoms with E-state index in [4.69, 9.17) is 14.2 Å². The lowest BCUT2D eigenvalue weighted by Crippen LogP contribution is -2.42. The van der Waals surface area contributed by atoms with Crippen molar-refractivity contribution in [3.8, 4) is 17.2 Å². The molecule has 0 spiro atoms. The number of aromatic nitrogens is 1. The molecule has 8 nitrogen and oxygen atoms in total. The molecule has 3 heterocycles. The SMILES string of the molecule is COc1ccc(OC)c(C2C3C(C)NNC3C(=O)N2CCc2c[nH]c3ccc(OC)cc23)c1. The molecule has 0 bridgehead atoms. The Morgan fingerprint density at radius 2 is 1.73 bits per heavy atom. The van der Waals surface area contributed by atoms with Gasteiger partial charge in [-0.15, -0.1) is 0 Å². The zero-order valence-electron chi connectivity index (χ0n) is 19.3. The number of nitrogens with one attached hydrogen (secondary N) is 3. The highest BCUT2D eigenvalue weighted by Gasteiger charge is 2.54. The number of amides is 1. The van der Waals surface area contributed by atoms with Crippen LogP contribution in [-0.2, 0) is 11.2 Å². The molecular formula is C25H30N4O4. The average molecular weight is 451 g/mol. The number of hydrazine groups is 1. The van der Waals surface area contributed by atoms with Gasteiger partial charge in [0.1, 0.15) is 23.3 Å². The summed E-state index contributed by atoms with van der Waals surface area (Å²) in [5.74, 6) is 2.50. The molecule has 2 aliphatic rings. The highest BCUT2D eigenvalue weighted by molar-refractivity contribution is 5.87. The number of benzene rings is 2. The van der Waals surface area contributed by atoms with E-state index in [0.29, 0.717) is 6.54 Å². The summed E-state index contributed by atoms with van der Waals surface area (Å²) in [5.41, 5.74) is 9.65. The number of nitrogens with zero attached hydrogens (tertiary/aromatic N) is 1. The van der Waals surface area contributed by atoms with Gasteiger partial charge in [-0.3, -0.25) is 10.2 Å². The van der Waals surface area contributed by atoms with Crippen molar-refractivity contribution in [1.82, 2.24) is 20.7 Å². The van der Waals surface area contributed by atoms with Gasteiger partial charge in [0.05, 0.1) is 27.4 Å². The molecule has 2 fully saturated rings. The van der Waals surface area contributed by atoms with Gasteiger partial charge in [-0.2, -0.15) is 0 Å². The molecule has 0 aliphatic carbocycles. The van der Waals surface area contributed by atoms with Gasteiger partial charge < -0.3 is 24.1 Å². The quantitative estimate of drug-likeness (QED) is 0.513. The highest BCUT2D eigenvalue weighted by Crippen LogP contribution is 2.46. The molecule has 0 saturated carbocycles. The van der Waals surface area contributed by atoms with Crippen molar-refractivity contribution in [3.05, 3.63) is 53.7 Å². The third-order valence-corrected chi connectivity index (χ3v) is 7.03. The zero-order chi connectivity index (χ0) is 23.1. The number of likely N-dealkylation sites (tertiary alicyclic amines) is 1. The number of ether oxygens (including phenoxy) is 3. The first kappa shape index (κ1) is 21.6. The average Bonchev–Trinajstić information content (AvgIpc) is 3.51. The zero-order valence-corrected chi connectivity index (χ0v) is 19.3. The van der Waals surface area contributed by atoms with Crippen molar-refractivity contribution < 1.29 is 19.0 Å². The Labute approximate surface area is 193 Å². The van der Waals surface area contributed by atoms with Gasteiger partial charge in [-0.05, 0) is 55.3 Å². The van der Waals surface area contributed by atoms with Gasteiger partial charge in [0.15, 0.2) is 0 Å². The van der Waals surface area contributed by atoms with Gasteiger partial charge in [0.25, 0.3) is 0 Å². The minimum Gasteiger partial charge on any atom is -0.497 e. The van der Waals surface area contributed by atoms with E-state index in [1.165, 1.54) is 0 Å². The molecule has 2 aliphatic heterocycles. The Morgan fingerprint density at radius 1 is 0.970 bits per heavy atom. The van der Waals surface area contributed by atoms with Gasteiger partial charge >= 0.3 is 0 Å². The summed E-state index contributed by atoms with van der Waals surface area (Å²) in [7, 11) is 4.99. The Bertz CT molecular complexity index is 1180. The van der Waals surface area contributed by atoms with Crippen molar-refractivity contribution in [2.75, 3.05) is 27.9 Å². The Balaban J connectivity index is 1.50. The number of hydrogen-bond donors (Lipinski definition) is 3. The lowest BCUT2D eigenvalue weighted by atomic mass is 9.86. The molecule has 3 aromatic rings. The standard InChI is InChI=1S/C25H30N4O4/c1-14-22-23(28-27-14)25(30)29(24(22)19-12-17(32-3)6-8-21(19)33-4)10-9-15-13-26-20-7-5-16(31-2)11-18(15)20/h5-8,11-14,22-24,26-28H,9-10H2,1-4H3. The monoisotopic (exact) mass is 450 g/mol. The first-order chi connectivity index (χ1) is 16.0. The maximum atomic E-state index is 13.5. The maximum absolute atomic E-state index is 13.5. The van der Waals surface area contributed by atoms with Crippen molar-refractivity contribution in [1.29, 1.82) is 0 Å². The Morgan fingerprint density at radius 3 is 2.48 bits per heavy atom. The second-order valence-electron chi connectivity index (χ2n) is 8.69. The summed E-state index contributed by atoms with van der Waals surface area (Å²) < 4.78 is 16.6. The van der Waals surface area contributed by atoms with Crippen molar-refractivity contribution in [3.63, 3.8) is 0 Å². The van der Waals surface area contributed by atoms with E-state index in [9.17, 15) is 4.79 Å². The van der Waals surface area contributed by atoms with E-state index in [0.717, 1.165) is 45.7 Å². The molecule has 33 heavy (non-hydrogen) atoms. The van der Waals surface area contributed by atoms with Gasteiger partial charge in [-0.25, -0.2) is 5.43 Å². The van der Waals surface area contributed by atoms with E-state index in [1.807, 2.05) is 47.5 Å². The van der Waals surface area contributed by atoms with Gasteiger partial charge in [-0.1, -0.05) is 0 Å². The molecule has 8 heteroatoms. The summed E-state index contributed by atoms with van der Waals surface area (Å²) in [6, 6.07) is 11.5. The molecule has 4 unspecified atom stereocenters. The van der Waals surface area contributed by atoms with E-state index in [-0.39, 0.29) is 30.0 Å². The van der Waals surface area contributed by atoms with E-state index < -0.39 is 0 Å². The number of H-pyrrole nitrogens is 1. The van der Waals surface area contributed by atoms with Crippen LogP contribution in [0.2, 0.25) is 0 Å². The predicted octanol–water partition coefficient (Wildman–Crippen LogP) is 2.80. The summed E-state index contributed by atoms with van der Waals surface area (Å²) in [6.45, 7) is 2.70. The third-order valence-electron chi connectivity index (χ3n) is 7.03. The van der Waals surface area contributed by atoms with Crippen LogP contribution >= 0.6 is 0 Å². The number of methoxy groups -OCH3 is 3. The smallest absolute Gasteiger partial charge is 0.242 e. The Kier molecular flexibility index (Phi) is 5.64. The second-order valence-corrected chi connectivity index (χ2v) is 8.69. The minimum absolute atomic E-state index is 0.0709. The first-order valence-electron chi connectivity index (χ1n) is 11.2. The van der Waals surface area contributed by atoms with Gasteiger partial charge in [0.2, 0.25) is 5.91 Å². The first-order valence-corrected chi connectivity index (χ1v) is 11.2. The number of rotatable bonds is 7. The number of aromatic amines is 1. The van der Waals surface area contributed by atoms with E-state index in [2.05, 4.69) is 22.8 Å². The van der Waals surface area contributed by atoms with Crippen LogP contribution in [0.4, 0.5) is 0 Å². The second kappa shape index (κ2) is 8.61. The fraction of sp³-hybridized carbons (Fsp3) is 0.400. The minimum atomic E-state index is -0.274. The molecule has 0 radical (unpaired) electrons. The van der Waals surface area contributed by atoms with Crippen LogP contribution in [0.3, 0.4) is 0 Å².